The first-order chi connectivity index (χ1) is 10.1. The lowest BCUT2D eigenvalue weighted by Gasteiger charge is -2.18. The molecule has 1 aromatic rings. The van der Waals surface area contributed by atoms with Gasteiger partial charge in [-0.3, -0.25) is 0 Å². The van der Waals surface area contributed by atoms with Gasteiger partial charge in [0.1, 0.15) is 29.2 Å². The van der Waals surface area contributed by atoms with Crippen molar-refractivity contribution in [3.8, 4) is 12.1 Å². The fourth-order valence-electron chi connectivity index (χ4n) is 2.04. The molecule has 0 amide bonds. The molecule has 0 atom stereocenters. The van der Waals surface area contributed by atoms with E-state index in [1.165, 1.54) is 0 Å². The predicted molar refractivity (Wildman–Crippen MR) is 82.0 cm³/mol. The number of benzene rings is 1. The van der Waals surface area contributed by atoms with Crippen molar-refractivity contribution in [3.05, 3.63) is 65.0 Å². The van der Waals surface area contributed by atoms with E-state index < -0.39 is 0 Å². The molecule has 2 N–H and O–H groups in total. The Kier molecular flexibility index (Phi) is 3.92. The van der Waals surface area contributed by atoms with Crippen LogP contribution in [0.5, 0.6) is 0 Å². The number of ether oxygens (including phenoxy) is 1. The highest BCUT2D eigenvalue weighted by Gasteiger charge is 2.15. The Bertz CT molecular complexity index is 767. The summed E-state index contributed by atoms with van der Waals surface area (Å²) >= 11 is 0. The Labute approximate surface area is 123 Å². The lowest BCUT2D eigenvalue weighted by molar-refractivity contribution is 0.380. The van der Waals surface area contributed by atoms with Crippen molar-refractivity contribution in [2.24, 2.45) is 0 Å². The predicted octanol–water partition coefficient (Wildman–Crippen LogP) is 3.53. The van der Waals surface area contributed by atoms with Crippen LogP contribution in [0.1, 0.15) is 18.1 Å². The van der Waals surface area contributed by atoms with Crippen molar-refractivity contribution in [2.75, 3.05) is 5.73 Å². The second kappa shape index (κ2) is 5.81. The minimum Gasteiger partial charge on any atom is -0.461 e. The molecule has 1 aliphatic heterocycles. The van der Waals surface area contributed by atoms with Crippen LogP contribution in [0.2, 0.25) is 0 Å². The largest absolute Gasteiger partial charge is 0.461 e. The van der Waals surface area contributed by atoms with Crippen LogP contribution >= 0.6 is 0 Å². The number of allylic oxidation sites excluding steroid dienone is 5. The summed E-state index contributed by atoms with van der Waals surface area (Å²) in [6, 6.07) is 9.15. The van der Waals surface area contributed by atoms with E-state index in [9.17, 15) is 0 Å². The Morgan fingerprint density at radius 3 is 2.62 bits per heavy atom. The van der Waals surface area contributed by atoms with Crippen LogP contribution in [0.4, 0.5) is 5.69 Å². The summed E-state index contributed by atoms with van der Waals surface area (Å²) in [5.74, 6) is 1.17. The third-order valence-electron chi connectivity index (χ3n) is 2.99. The molecule has 4 nitrogen and oxygen atoms in total. The summed E-state index contributed by atoms with van der Waals surface area (Å²) in [4.78, 5) is 0. The van der Waals surface area contributed by atoms with Gasteiger partial charge in [0.15, 0.2) is 0 Å². The maximum absolute atomic E-state index is 9.00. The Hall–Kier alpha value is -3.24. The molecule has 0 radical (unpaired) electrons. The SMILES string of the molecule is C=Cc1cc(N)ccc1C1=CC(=C(C#N)C#N)C=C(C)O1. The molecule has 21 heavy (non-hydrogen) atoms. The van der Waals surface area contributed by atoms with Crippen LogP contribution in [0.15, 0.2) is 53.8 Å². The van der Waals surface area contributed by atoms with E-state index in [-0.39, 0.29) is 5.57 Å². The van der Waals surface area contributed by atoms with Gasteiger partial charge in [0.05, 0.1) is 0 Å². The molecule has 0 aliphatic carbocycles. The van der Waals surface area contributed by atoms with Crippen LogP contribution in [0, 0.1) is 22.7 Å². The van der Waals surface area contributed by atoms with E-state index in [0.29, 0.717) is 22.8 Å². The smallest absolute Gasteiger partial charge is 0.137 e. The first-order valence-electron chi connectivity index (χ1n) is 6.23. The molecule has 102 valence electrons. The van der Waals surface area contributed by atoms with Crippen molar-refractivity contribution >= 4 is 17.5 Å². The molecule has 0 aromatic heterocycles. The fraction of sp³-hybridized carbons (Fsp3) is 0.0588. The number of anilines is 1. The van der Waals surface area contributed by atoms with Gasteiger partial charge in [-0.1, -0.05) is 12.7 Å². The molecule has 2 rings (SSSR count). The fourth-order valence-corrected chi connectivity index (χ4v) is 2.04. The Morgan fingerprint density at radius 2 is 2.00 bits per heavy atom. The first kappa shape index (κ1) is 14.2. The van der Waals surface area contributed by atoms with E-state index in [0.717, 1.165) is 11.1 Å². The monoisotopic (exact) mass is 275 g/mol. The van der Waals surface area contributed by atoms with E-state index in [2.05, 4.69) is 6.58 Å². The van der Waals surface area contributed by atoms with Gasteiger partial charge in [-0.15, -0.1) is 0 Å². The Balaban J connectivity index is 2.61. The summed E-state index contributed by atoms with van der Waals surface area (Å²) in [5.41, 5.74) is 8.60. The van der Waals surface area contributed by atoms with Crippen LogP contribution < -0.4 is 5.73 Å². The van der Waals surface area contributed by atoms with Gasteiger partial charge in [-0.05, 0) is 42.8 Å². The molecule has 0 fully saturated rings. The van der Waals surface area contributed by atoms with Gasteiger partial charge in [0.25, 0.3) is 0 Å². The summed E-state index contributed by atoms with van der Waals surface area (Å²) in [7, 11) is 0. The molecule has 4 heteroatoms. The van der Waals surface area contributed by atoms with Crippen molar-refractivity contribution in [3.63, 3.8) is 0 Å². The second-order valence-electron chi connectivity index (χ2n) is 4.47. The number of hydrogen-bond donors (Lipinski definition) is 1. The summed E-state index contributed by atoms with van der Waals surface area (Å²) in [5, 5.41) is 18.0. The maximum Gasteiger partial charge on any atom is 0.137 e. The summed E-state index contributed by atoms with van der Waals surface area (Å²) in [6.45, 7) is 5.53. The van der Waals surface area contributed by atoms with Gasteiger partial charge < -0.3 is 10.5 Å². The zero-order valence-corrected chi connectivity index (χ0v) is 11.6. The highest BCUT2D eigenvalue weighted by atomic mass is 16.5. The number of nitrogens with zero attached hydrogens (tertiary/aromatic N) is 2. The third-order valence-corrected chi connectivity index (χ3v) is 2.99. The normalized spacial score (nSPS) is 13.2. The highest BCUT2D eigenvalue weighted by molar-refractivity contribution is 5.76. The standard InChI is InChI=1S/C17H13N3O/c1-3-12-7-15(20)4-5-16(12)17-8-13(6-11(2)21-17)14(9-18)10-19/h3-8H,1,20H2,2H3. The second-order valence-corrected chi connectivity index (χ2v) is 4.47. The number of nitriles is 2. The van der Waals surface area contributed by atoms with E-state index in [4.69, 9.17) is 21.0 Å². The molecule has 0 saturated carbocycles. The molecular formula is C17H13N3O. The first-order valence-corrected chi connectivity index (χ1v) is 6.23. The van der Waals surface area contributed by atoms with Crippen molar-refractivity contribution in [1.29, 1.82) is 10.5 Å². The summed E-state index contributed by atoms with van der Waals surface area (Å²) in [6.07, 6.45) is 5.02. The molecule has 0 unspecified atom stereocenters. The van der Waals surface area contributed by atoms with E-state index in [1.807, 2.05) is 18.2 Å². The molecule has 1 aromatic carbocycles. The summed E-state index contributed by atoms with van der Waals surface area (Å²) < 4.78 is 5.70. The quantitative estimate of drug-likeness (QED) is 0.661. The minimum absolute atomic E-state index is 0.0470. The van der Waals surface area contributed by atoms with Crippen LogP contribution in [-0.4, -0.2) is 0 Å². The van der Waals surface area contributed by atoms with Gasteiger partial charge in [0.2, 0.25) is 0 Å². The number of nitrogens with two attached hydrogens (primary N) is 1. The van der Waals surface area contributed by atoms with Crippen LogP contribution in [0.3, 0.4) is 0 Å². The molecule has 0 bridgehead atoms. The van der Waals surface area contributed by atoms with Gasteiger partial charge >= 0.3 is 0 Å². The highest BCUT2D eigenvalue weighted by Crippen LogP contribution is 2.31. The zero-order valence-electron chi connectivity index (χ0n) is 11.6. The van der Waals surface area contributed by atoms with Crippen LogP contribution in [-0.2, 0) is 4.74 Å². The van der Waals surface area contributed by atoms with Crippen molar-refractivity contribution in [2.45, 2.75) is 6.92 Å². The topological polar surface area (TPSA) is 82.8 Å². The zero-order chi connectivity index (χ0) is 15.4. The van der Waals surface area contributed by atoms with E-state index >= 15 is 0 Å². The lowest BCUT2D eigenvalue weighted by atomic mass is 10.00. The van der Waals surface area contributed by atoms with Gasteiger partial charge in [-0.2, -0.15) is 10.5 Å². The average Bonchev–Trinajstić information content (AvgIpc) is 2.47. The molecular weight excluding hydrogens is 262 g/mol. The lowest BCUT2D eigenvalue weighted by Crippen LogP contribution is -2.01. The van der Waals surface area contributed by atoms with E-state index in [1.54, 1.807) is 37.3 Å². The number of rotatable bonds is 2. The Morgan fingerprint density at radius 1 is 1.29 bits per heavy atom. The van der Waals surface area contributed by atoms with Gasteiger partial charge in [-0.25, -0.2) is 0 Å². The minimum atomic E-state index is 0.0470. The average molecular weight is 275 g/mol. The number of nitrogen functional groups attached to an aromatic ring is 1. The van der Waals surface area contributed by atoms with Gasteiger partial charge in [0, 0.05) is 16.8 Å². The van der Waals surface area contributed by atoms with Crippen molar-refractivity contribution < 1.29 is 4.74 Å². The molecule has 1 aliphatic rings. The maximum atomic E-state index is 9.00. The molecule has 0 spiro atoms. The molecule has 0 saturated heterocycles. The number of hydrogen-bond acceptors (Lipinski definition) is 4. The molecule has 1 heterocycles. The third kappa shape index (κ3) is 2.86. The van der Waals surface area contributed by atoms with Crippen molar-refractivity contribution in [1.82, 2.24) is 0 Å². The van der Waals surface area contributed by atoms with Crippen LogP contribution in [0.25, 0.3) is 11.8 Å².